The molecule has 2 atom stereocenters. The number of benzene rings is 1. The van der Waals surface area contributed by atoms with Crippen molar-refractivity contribution in [3.63, 3.8) is 0 Å². The number of carbonyl (C=O) groups excluding carboxylic acids is 3. The summed E-state index contributed by atoms with van der Waals surface area (Å²) in [5.74, 6) is -0.435. The molecule has 2 unspecified atom stereocenters. The Morgan fingerprint density at radius 3 is 2.47 bits per heavy atom. The third kappa shape index (κ3) is 7.95. The smallest absolute Gasteiger partial charge is 0.410 e. The van der Waals surface area contributed by atoms with E-state index >= 15 is 0 Å². The van der Waals surface area contributed by atoms with E-state index in [0.29, 0.717) is 12.2 Å². The van der Waals surface area contributed by atoms with Crippen molar-refractivity contribution in [3.05, 3.63) is 60.3 Å². The summed E-state index contributed by atoms with van der Waals surface area (Å²) >= 11 is 0. The molecule has 1 saturated heterocycles. The first-order chi connectivity index (χ1) is 16.2. The number of hydrogen-bond acceptors (Lipinski definition) is 7. The monoisotopic (exact) mass is 469 g/mol. The van der Waals surface area contributed by atoms with E-state index in [0.717, 1.165) is 5.56 Å². The number of nitrogens with zero attached hydrogens (tertiary/aromatic N) is 2. The molecule has 1 fully saturated rings. The van der Waals surface area contributed by atoms with Crippen LogP contribution in [0.4, 0.5) is 15.4 Å². The van der Waals surface area contributed by atoms with Crippen LogP contribution >= 0.6 is 0 Å². The first kappa shape index (κ1) is 24.8. The zero-order chi connectivity index (χ0) is 24.6. The van der Waals surface area contributed by atoms with E-state index in [-0.39, 0.29) is 25.6 Å². The predicted octanol–water partition coefficient (Wildman–Crippen LogP) is 3.08. The minimum absolute atomic E-state index is 0.118. The number of pyridine rings is 1. The fraction of sp³-hybridized carbons (Fsp3) is 0.417. The molecular weight excluding hydrogens is 438 g/mol. The molecule has 0 bridgehead atoms. The summed E-state index contributed by atoms with van der Waals surface area (Å²) in [4.78, 5) is 43.5. The maximum atomic E-state index is 12.8. The Balaban J connectivity index is 1.62. The van der Waals surface area contributed by atoms with Crippen LogP contribution < -0.4 is 16.2 Å². The van der Waals surface area contributed by atoms with Crippen LogP contribution in [0.2, 0.25) is 0 Å². The van der Waals surface area contributed by atoms with Crippen LogP contribution in [0, 0.1) is 5.92 Å². The number of carbonyl (C=O) groups is 3. The maximum Gasteiger partial charge on any atom is 0.410 e. The fourth-order valence-electron chi connectivity index (χ4n) is 3.47. The van der Waals surface area contributed by atoms with Gasteiger partial charge in [0.2, 0.25) is 5.91 Å². The van der Waals surface area contributed by atoms with Gasteiger partial charge in [-0.05, 0) is 44.9 Å². The molecule has 0 spiro atoms. The molecule has 3 rings (SSSR count). The van der Waals surface area contributed by atoms with E-state index in [1.54, 1.807) is 45.2 Å². The number of rotatable bonds is 6. The second-order valence-electron chi connectivity index (χ2n) is 9.05. The fourth-order valence-corrected chi connectivity index (χ4v) is 3.47. The third-order valence-electron chi connectivity index (χ3n) is 4.99. The van der Waals surface area contributed by atoms with Gasteiger partial charge >= 0.3 is 12.2 Å². The Morgan fingerprint density at radius 1 is 1.06 bits per heavy atom. The zero-order valence-corrected chi connectivity index (χ0v) is 19.6. The highest BCUT2D eigenvalue weighted by molar-refractivity contribution is 5.81. The predicted molar refractivity (Wildman–Crippen MR) is 125 cm³/mol. The molecule has 0 radical (unpaired) electrons. The van der Waals surface area contributed by atoms with E-state index in [4.69, 9.17) is 9.47 Å². The molecule has 182 valence electrons. The summed E-state index contributed by atoms with van der Waals surface area (Å²) in [5, 5.41) is 2.77. The molecule has 0 saturated carbocycles. The molecule has 1 aliphatic rings. The van der Waals surface area contributed by atoms with E-state index in [1.807, 2.05) is 30.3 Å². The van der Waals surface area contributed by atoms with Crippen molar-refractivity contribution >= 4 is 23.9 Å². The average Bonchev–Trinajstić information content (AvgIpc) is 2.81. The number of hydrogen-bond donors (Lipinski definition) is 3. The molecule has 3 amide bonds. The highest BCUT2D eigenvalue weighted by Crippen LogP contribution is 2.20. The quantitative estimate of drug-likeness (QED) is 0.556. The summed E-state index contributed by atoms with van der Waals surface area (Å²) in [6, 6.07) is 14.1. The Hall–Kier alpha value is -3.82. The van der Waals surface area contributed by atoms with Crippen LogP contribution in [0.3, 0.4) is 0 Å². The van der Waals surface area contributed by atoms with E-state index < -0.39 is 29.7 Å². The van der Waals surface area contributed by atoms with Gasteiger partial charge in [0.05, 0.1) is 12.0 Å². The Morgan fingerprint density at radius 2 is 1.79 bits per heavy atom. The van der Waals surface area contributed by atoms with Gasteiger partial charge in [-0.25, -0.2) is 14.6 Å². The molecule has 1 aromatic heterocycles. The van der Waals surface area contributed by atoms with Gasteiger partial charge in [-0.3, -0.25) is 15.6 Å². The number of nitrogens with one attached hydrogen (secondary N) is 3. The highest BCUT2D eigenvalue weighted by atomic mass is 16.6. The van der Waals surface area contributed by atoms with Crippen LogP contribution in [0.25, 0.3) is 0 Å². The Labute approximate surface area is 199 Å². The van der Waals surface area contributed by atoms with Gasteiger partial charge in [-0.1, -0.05) is 36.4 Å². The van der Waals surface area contributed by atoms with Crippen molar-refractivity contribution in [2.75, 3.05) is 18.5 Å². The first-order valence-corrected chi connectivity index (χ1v) is 11.1. The molecule has 1 aliphatic heterocycles. The number of aromatic nitrogens is 1. The highest BCUT2D eigenvalue weighted by Gasteiger charge is 2.36. The average molecular weight is 470 g/mol. The number of ether oxygens (including phenoxy) is 2. The van der Waals surface area contributed by atoms with Crippen LogP contribution in [0.1, 0.15) is 32.8 Å². The van der Waals surface area contributed by atoms with Gasteiger partial charge in [0.25, 0.3) is 0 Å². The number of alkyl carbamates (subject to hydrolysis) is 1. The largest absolute Gasteiger partial charge is 0.445 e. The maximum absolute atomic E-state index is 12.8. The molecule has 0 aliphatic carbocycles. The normalized spacial score (nSPS) is 17.9. The minimum Gasteiger partial charge on any atom is -0.445 e. The summed E-state index contributed by atoms with van der Waals surface area (Å²) < 4.78 is 10.8. The van der Waals surface area contributed by atoms with Gasteiger partial charge in [-0.15, -0.1) is 0 Å². The zero-order valence-electron chi connectivity index (χ0n) is 19.6. The lowest BCUT2D eigenvalue weighted by atomic mass is 9.94. The second-order valence-corrected chi connectivity index (χ2v) is 9.05. The summed E-state index contributed by atoms with van der Waals surface area (Å²) in [7, 11) is 0. The number of likely N-dealkylation sites (tertiary alicyclic amines) is 1. The number of amides is 3. The van der Waals surface area contributed by atoms with Gasteiger partial charge in [0.1, 0.15) is 18.0 Å². The molecule has 1 aromatic carbocycles. The third-order valence-corrected chi connectivity index (χ3v) is 4.99. The summed E-state index contributed by atoms with van der Waals surface area (Å²) in [6.45, 7) is 5.78. The molecule has 10 nitrogen and oxygen atoms in total. The first-order valence-electron chi connectivity index (χ1n) is 11.1. The Bertz CT molecular complexity index is 965. The lowest BCUT2D eigenvalue weighted by Crippen LogP contribution is -2.56. The van der Waals surface area contributed by atoms with E-state index in [9.17, 15) is 14.4 Å². The van der Waals surface area contributed by atoms with Crippen LogP contribution in [-0.4, -0.2) is 52.7 Å². The van der Waals surface area contributed by atoms with Crippen LogP contribution in [0.5, 0.6) is 0 Å². The molecule has 2 heterocycles. The minimum atomic E-state index is -0.690. The summed E-state index contributed by atoms with van der Waals surface area (Å²) in [5.41, 5.74) is 5.55. The standard InChI is InChI=1S/C24H31N5O5/c1-24(2,3)34-23(32)29-14-18(21(30)28-27-20-11-7-8-12-25-20)13-19(15-29)26-22(31)33-16-17-9-5-4-6-10-17/h4-12,18-19H,13-16H2,1-3H3,(H,25,27)(H,26,31)(H,28,30). The van der Waals surface area contributed by atoms with E-state index in [1.165, 1.54) is 4.90 Å². The lowest BCUT2D eigenvalue weighted by molar-refractivity contribution is -0.126. The van der Waals surface area contributed by atoms with Gasteiger partial charge in [0.15, 0.2) is 0 Å². The number of hydrazine groups is 1. The van der Waals surface area contributed by atoms with Crippen molar-refractivity contribution in [1.29, 1.82) is 0 Å². The Kier molecular flexibility index (Phi) is 8.29. The van der Waals surface area contributed by atoms with Gasteiger partial charge < -0.3 is 19.7 Å². The molecular formula is C24H31N5O5. The molecule has 2 aromatic rings. The van der Waals surface area contributed by atoms with Crippen molar-refractivity contribution in [3.8, 4) is 0 Å². The number of piperidine rings is 1. The topological polar surface area (TPSA) is 122 Å². The SMILES string of the molecule is CC(C)(C)OC(=O)N1CC(NC(=O)OCc2ccccc2)CC(C(=O)NNc2ccccn2)C1. The van der Waals surface area contributed by atoms with Crippen LogP contribution in [0.15, 0.2) is 54.7 Å². The number of anilines is 1. The van der Waals surface area contributed by atoms with Crippen molar-refractivity contribution in [2.45, 2.75) is 45.4 Å². The second kappa shape index (κ2) is 11.4. The van der Waals surface area contributed by atoms with Crippen molar-refractivity contribution < 1.29 is 23.9 Å². The molecule has 3 N–H and O–H groups in total. The van der Waals surface area contributed by atoms with E-state index in [2.05, 4.69) is 21.2 Å². The van der Waals surface area contributed by atoms with Gasteiger partial charge in [0, 0.05) is 19.3 Å². The molecule has 10 heteroatoms. The van der Waals surface area contributed by atoms with Crippen LogP contribution in [-0.2, 0) is 20.9 Å². The van der Waals surface area contributed by atoms with Gasteiger partial charge in [-0.2, -0.15) is 0 Å². The van der Waals surface area contributed by atoms with Crippen molar-refractivity contribution in [1.82, 2.24) is 20.6 Å². The lowest BCUT2D eigenvalue weighted by Gasteiger charge is -2.37. The molecule has 34 heavy (non-hydrogen) atoms. The van der Waals surface area contributed by atoms with Crippen molar-refractivity contribution in [2.24, 2.45) is 5.92 Å². The summed E-state index contributed by atoms with van der Waals surface area (Å²) in [6.07, 6.45) is 0.758.